The first-order valence-corrected chi connectivity index (χ1v) is 6.97. The van der Waals surface area contributed by atoms with E-state index in [0.29, 0.717) is 0 Å². The lowest BCUT2D eigenvalue weighted by Gasteiger charge is -2.19. The molecule has 0 heterocycles. The molecule has 0 amide bonds. The minimum Gasteiger partial charge on any atom is -0.418 e. The molecule has 0 aromatic heterocycles. The molecule has 0 aliphatic carbocycles. The van der Waals surface area contributed by atoms with Crippen molar-refractivity contribution >= 4 is 19.9 Å². The van der Waals surface area contributed by atoms with Crippen LogP contribution in [0, 0.1) is 0 Å². The van der Waals surface area contributed by atoms with Crippen molar-refractivity contribution in [3.8, 4) is 0 Å². The van der Waals surface area contributed by atoms with Gasteiger partial charge < -0.3 is 4.43 Å². The first-order chi connectivity index (χ1) is 4.12. The Labute approximate surface area is 63.5 Å². The van der Waals surface area contributed by atoms with E-state index in [9.17, 15) is 0 Å². The summed E-state index contributed by atoms with van der Waals surface area (Å²) in [6.07, 6.45) is 0. The highest BCUT2D eigenvalue weighted by molar-refractivity contribution is 6.71. The predicted octanol–water partition coefficient (Wildman–Crippen LogP) is 2.47. The molecule has 0 saturated heterocycles. The zero-order valence-electron chi connectivity index (χ0n) is 6.41. The highest BCUT2D eigenvalue weighted by Crippen LogP contribution is 2.10. The highest BCUT2D eigenvalue weighted by Gasteiger charge is 2.19. The molecule has 0 unspecified atom stereocenters. The van der Waals surface area contributed by atoms with E-state index in [0.717, 1.165) is 18.5 Å². The van der Waals surface area contributed by atoms with Crippen LogP contribution in [0.15, 0.2) is 0 Å². The van der Waals surface area contributed by atoms with Crippen LogP contribution >= 0.6 is 11.6 Å². The van der Waals surface area contributed by atoms with Gasteiger partial charge >= 0.3 is 0 Å². The van der Waals surface area contributed by atoms with Gasteiger partial charge in [-0.15, -0.1) is 11.6 Å². The van der Waals surface area contributed by atoms with Crippen molar-refractivity contribution in [1.29, 1.82) is 0 Å². The number of hydrogen-bond acceptors (Lipinski definition) is 1. The van der Waals surface area contributed by atoms with Crippen molar-refractivity contribution in [2.75, 3.05) is 12.5 Å². The van der Waals surface area contributed by atoms with Crippen LogP contribution in [-0.4, -0.2) is 20.8 Å². The summed E-state index contributed by atoms with van der Waals surface area (Å²) >= 11 is 5.58. The maximum Gasteiger partial charge on any atom is 0.187 e. The average Bonchev–Trinajstić information content (AvgIpc) is 1.64. The van der Waals surface area contributed by atoms with Crippen molar-refractivity contribution in [3.63, 3.8) is 0 Å². The smallest absolute Gasteiger partial charge is 0.187 e. The lowest BCUT2D eigenvalue weighted by Crippen LogP contribution is -2.30. The summed E-state index contributed by atoms with van der Waals surface area (Å²) in [7, 11) is -1.34. The van der Waals surface area contributed by atoms with E-state index in [1.165, 1.54) is 0 Å². The molecule has 9 heavy (non-hydrogen) atoms. The molecule has 0 rings (SSSR count). The van der Waals surface area contributed by atoms with Gasteiger partial charge in [0.1, 0.15) is 0 Å². The number of halogens is 1. The molecule has 0 aromatic carbocycles. The maximum absolute atomic E-state index is 5.58. The van der Waals surface area contributed by atoms with Gasteiger partial charge in [-0.05, 0) is 26.1 Å². The van der Waals surface area contributed by atoms with Gasteiger partial charge in [0.2, 0.25) is 0 Å². The van der Waals surface area contributed by atoms with E-state index in [-0.39, 0.29) is 0 Å². The van der Waals surface area contributed by atoms with Gasteiger partial charge in [0.25, 0.3) is 0 Å². The Kier molecular flexibility index (Phi) is 4.53. The summed E-state index contributed by atoms with van der Waals surface area (Å²) in [5, 5.41) is 0. The summed E-state index contributed by atoms with van der Waals surface area (Å²) in [6.45, 7) is 7.25. The predicted molar refractivity (Wildman–Crippen MR) is 44.6 cm³/mol. The Balaban J connectivity index is 3.43. The Hall–Kier alpha value is 0.467. The molecule has 0 aliphatic rings. The second-order valence-electron chi connectivity index (χ2n) is 2.63. The molecule has 0 aliphatic heterocycles. The molecule has 1 nitrogen and oxygen atoms in total. The van der Waals surface area contributed by atoms with Crippen molar-refractivity contribution in [2.45, 2.75) is 26.1 Å². The molecule has 0 saturated carbocycles. The summed E-state index contributed by atoms with van der Waals surface area (Å²) < 4.78 is 5.52. The number of alkyl halides is 1. The average molecular weight is 167 g/mol. The molecule has 0 spiro atoms. The Bertz CT molecular complexity index is 67.5. The fraction of sp³-hybridized carbons (Fsp3) is 1.00. The van der Waals surface area contributed by atoms with Crippen molar-refractivity contribution < 1.29 is 4.43 Å². The molecule has 0 atom stereocenters. The fourth-order valence-electron chi connectivity index (χ4n) is 0.690. The number of rotatable bonds is 4. The summed E-state index contributed by atoms with van der Waals surface area (Å²) in [5.41, 5.74) is 0. The zero-order valence-corrected chi connectivity index (χ0v) is 8.16. The molecule has 0 N–H and O–H groups in total. The quantitative estimate of drug-likeness (QED) is 0.461. The van der Waals surface area contributed by atoms with Crippen LogP contribution in [0.3, 0.4) is 0 Å². The molecule has 0 aromatic rings. The molecular weight excluding hydrogens is 152 g/mol. The third-order valence-corrected chi connectivity index (χ3v) is 4.26. The van der Waals surface area contributed by atoms with Gasteiger partial charge in [0.15, 0.2) is 8.32 Å². The van der Waals surface area contributed by atoms with Crippen molar-refractivity contribution in [1.82, 2.24) is 0 Å². The van der Waals surface area contributed by atoms with Crippen molar-refractivity contribution in [2.24, 2.45) is 0 Å². The molecule has 0 radical (unpaired) electrons. The zero-order chi connectivity index (χ0) is 7.33. The SMILES string of the molecule is CCO[Si](C)(C)CCCl. The molecule has 0 bridgehead atoms. The maximum atomic E-state index is 5.58. The van der Waals surface area contributed by atoms with Gasteiger partial charge in [0, 0.05) is 12.5 Å². The fourth-order valence-corrected chi connectivity index (χ4v) is 3.44. The lowest BCUT2D eigenvalue weighted by molar-refractivity contribution is 0.330. The van der Waals surface area contributed by atoms with E-state index in [2.05, 4.69) is 13.1 Å². The van der Waals surface area contributed by atoms with Gasteiger partial charge in [0.05, 0.1) is 0 Å². The van der Waals surface area contributed by atoms with E-state index >= 15 is 0 Å². The third kappa shape index (κ3) is 4.94. The monoisotopic (exact) mass is 166 g/mol. The molecule has 0 fully saturated rings. The van der Waals surface area contributed by atoms with Crippen LogP contribution in [-0.2, 0) is 4.43 Å². The largest absolute Gasteiger partial charge is 0.418 e. The van der Waals surface area contributed by atoms with Crippen LogP contribution in [0.4, 0.5) is 0 Å². The Morgan fingerprint density at radius 3 is 2.33 bits per heavy atom. The van der Waals surface area contributed by atoms with E-state index in [4.69, 9.17) is 16.0 Å². The lowest BCUT2D eigenvalue weighted by atomic mass is 10.9. The minimum absolute atomic E-state index is 0.735. The van der Waals surface area contributed by atoms with Gasteiger partial charge in [-0.2, -0.15) is 0 Å². The second kappa shape index (κ2) is 4.31. The standard InChI is InChI=1S/C6H15ClOSi/c1-4-8-9(2,3)6-5-7/h4-6H2,1-3H3. The van der Waals surface area contributed by atoms with Crippen LogP contribution in [0.2, 0.25) is 19.1 Å². The van der Waals surface area contributed by atoms with Crippen LogP contribution in [0.1, 0.15) is 6.92 Å². The molecule has 3 heteroatoms. The van der Waals surface area contributed by atoms with Crippen LogP contribution in [0.25, 0.3) is 0 Å². The number of hydrogen-bond donors (Lipinski definition) is 0. The minimum atomic E-state index is -1.34. The summed E-state index contributed by atoms with van der Waals surface area (Å²) in [6, 6.07) is 1.06. The van der Waals surface area contributed by atoms with Crippen LogP contribution < -0.4 is 0 Å². The normalized spacial score (nSPS) is 12.0. The summed E-state index contributed by atoms with van der Waals surface area (Å²) in [5.74, 6) is 0.735. The topological polar surface area (TPSA) is 9.23 Å². The van der Waals surface area contributed by atoms with Crippen LogP contribution in [0.5, 0.6) is 0 Å². The Morgan fingerprint density at radius 2 is 2.00 bits per heavy atom. The van der Waals surface area contributed by atoms with Gasteiger partial charge in [-0.1, -0.05) is 0 Å². The molecular formula is C6H15ClOSi. The van der Waals surface area contributed by atoms with Gasteiger partial charge in [-0.3, -0.25) is 0 Å². The summed E-state index contributed by atoms with van der Waals surface area (Å²) in [4.78, 5) is 0. The van der Waals surface area contributed by atoms with Crippen molar-refractivity contribution in [3.05, 3.63) is 0 Å². The van der Waals surface area contributed by atoms with E-state index < -0.39 is 8.32 Å². The first-order valence-electron chi connectivity index (χ1n) is 3.32. The van der Waals surface area contributed by atoms with Gasteiger partial charge in [-0.25, -0.2) is 0 Å². The third-order valence-electron chi connectivity index (χ3n) is 1.23. The Morgan fingerprint density at radius 1 is 1.44 bits per heavy atom. The first kappa shape index (κ1) is 9.47. The van der Waals surface area contributed by atoms with E-state index in [1.54, 1.807) is 0 Å². The van der Waals surface area contributed by atoms with E-state index in [1.807, 2.05) is 6.92 Å². The molecule has 56 valence electrons. The highest BCUT2D eigenvalue weighted by atomic mass is 35.5. The second-order valence-corrected chi connectivity index (χ2v) is 7.32.